The molecule has 3 aromatic rings. The van der Waals surface area contributed by atoms with E-state index in [-0.39, 0.29) is 30.1 Å². The SMILES string of the molecule is Cc1ccc(C(c2ccc(F)cc2)N2CCN(C(=O)CC(N)C(=O)N3Cc4ccccc4C3)CC2)cc1. The first kappa shape index (κ1) is 25.1. The van der Waals surface area contributed by atoms with Crippen LogP contribution in [0.1, 0.15) is 40.3 Å². The maximum Gasteiger partial charge on any atom is 0.240 e. The number of rotatable bonds is 6. The van der Waals surface area contributed by atoms with Crippen molar-refractivity contribution >= 4 is 11.8 Å². The monoisotopic (exact) mass is 500 g/mol. The number of amides is 2. The lowest BCUT2D eigenvalue weighted by Crippen LogP contribution is -2.52. The molecule has 2 atom stereocenters. The molecule has 2 aliphatic heterocycles. The third-order valence-corrected chi connectivity index (χ3v) is 7.48. The summed E-state index contributed by atoms with van der Waals surface area (Å²) in [6.45, 7) is 5.59. The van der Waals surface area contributed by atoms with Gasteiger partial charge in [0.1, 0.15) is 5.82 Å². The number of benzene rings is 3. The maximum absolute atomic E-state index is 13.6. The highest BCUT2D eigenvalue weighted by atomic mass is 19.1. The van der Waals surface area contributed by atoms with Gasteiger partial charge in [-0.1, -0.05) is 66.2 Å². The summed E-state index contributed by atoms with van der Waals surface area (Å²) in [5.74, 6) is -0.532. The molecular weight excluding hydrogens is 467 g/mol. The fourth-order valence-corrected chi connectivity index (χ4v) is 5.37. The Morgan fingerprint density at radius 1 is 0.811 bits per heavy atom. The molecule has 2 aliphatic rings. The molecule has 192 valence electrons. The van der Waals surface area contributed by atoms with E-state index >= 15 is 0 Å². The van der Waals surface area contributed by atoms with E-state index in [1.54, 1.807) is 9.80 Å². The van der Waals surface area contributed by atoms with E-state index in [4.69, 9.17) is 5.73 Å². The van der Waals surface area contributed by atoms with Crippen molar-refractivity contribution in [2.24, 2.45) is 5.73 Å². The first-order valence-corrected chi connectivity index (χ1v) is 12.8. The Morgan fingerprint density at radius 3 is 1.92 bits per heavy atom. The number of hydrogen-bond donors (Lipinski definition) is 1. The van der Waals surface area contributed by atoms with E-state index < -0.39 is 6.04 Å². The Bertz CT molecular complexity index is 1180. The van der Waals surface area contributed by atoms with Gasteiger partial charge in [0.15, 0.2) is 0 Å². The van der Waals surface area contributed by atoms with E-state index in [1.165, 1.54) is 17.7 Å². The van der Waals surface area contributed by atoms with Crippen molar-refractivity contribution in [2.75, 3.05) is 26.2 Å². The summed E-state index contributed by atoms with van der Waals surface area (Å²) in [5.41, 5.74) is 11.8. The van der Waals surface area contributed by atoms with Crippen LogP contribution in [0, 0.1) is 12.7 Å². The topological polar surface area (TPSA) is 69.9 Å². The van der Waals surface area contributed by atoms with Gasteiger partial charge in [0, 0.05) is 39.3 Å². The zero-order chi connectivity index (χ0) is 25.9. The van der Waals surface area contributed by atoms with Crippen LogP contribution >= 0.6 is 0 Å². The molecule has 6 nitrogen and oxygen atoms in total. The molecule has 2 N–H and O–H groups in total. The van der Waals surface area contributed by atoms with Crippen LogP contribution in [0.5, 0.6) is 0 Å². The number of carbonyl (C=O) groups excluding carboxylic acids is 2. The van der Waals surface area contributed by atoms with Crippen LogP contribution in [0.2, 0.25) is 0 Å². The second-order valence-electron chi connectivity index (χ2n) is 10.1. The van der Waals surface area contributed by atoms with Crippen molar-refractivity contribution in [2.45, 2.75) is 38.5 Å². The van der Waals surface area contributed by atoms with E-state index in [0.29, 0.717) is 39.3 Å². The lowest BCUT2D eigenvalue weighted by atomic mass is 9.95. The minimum atomic E-state index is -0.848. The quantitative estimate of drug-likeness (QED) is 0.561. The molecule has 0 aromatic heterocycles. The second kappa shape index (κ2) is 10.8. The van der Waals surface area contributed by atoms with Gasteiger partial charge in [-0.05, 0) is 41.3 Å². The van der Waals surface area contributed by atoms with E-state index in [2.05, 4.69) is 36.1 Å². The van der Waals surface area contributed by atoms with Gasteiger partial charge in [0.2, 0.25) is 11.8 Å². The Balaban J connectivity index is 1.20. The van der Waals surface area contributed by atoms with E-state index in [9.17, 15) is 14.0 Å². The summed E-state index contributed by atoms with van der Waals surface area (Å²) < 4.78 is 13.6. The van der Waals surface area contributed by atoms with Gasteiger partial charge in [0.05, 0.1) is 18.5 Å². The molecule has 2 unspecified atom stereocenters. The van der Waals surface area contributed by atoms with Crippen molar-refractivity contribution in [1.82, 2.24) is 14.7 Å². The minimum Gasteiger partial charge on any atom is -0.340 e. The third-order valence-electron chi connectivity index (χ3n) is 7.48. The third kappa shape index (κ3) is 5.58. The first-order chi connectivity index (χ1) is 17.9. The van der Waals surface area contributed by atoms with Crippen LogP contribution in [0.25, 0.3) is 0 Å². The van der Waals surface area contributed by atoms with E-state index in [1.807, 2.05) is 36.4 Å². The minimum absolute atomic E-state index is 0.00499. The van der Waals surface area contributed by atoms with Gasteiger partial charge in [0.25, 0.3) is 0 Å². The summed E-state index contributed by atoms with van der Waals surface area (Å²) in [7, 11) is 0. The highest BCUT2D eigenvalue weighted by molar-refractivity contribution is 5.88. The van der Waals surface area contributed by atoms with Crippen molar-refractivity contribution < 1.29 is 14.0 Å². The number of nitrogens with two attached hydrogens (primary N) is 1. The Labute approximate surface area is 217 Å². The van der Waals surface area contributed by atoms with Crippen LogP contribution in [0.3, 0.4) is 0 Å². The summed E-state index contributed by atoms with van der Waals surface area (Å²) in [6.07, 6.45) is 0.00499. The predicted octanol–water partition coefficient (Wildman–Crippen LogP) is 3.63. The van der Waals surface area contributed by atoms with Gasteiger partial charge in [-0.3, -0.25) is 14.5 Å². The Kier molecular flexibility index (Phi) is 7.35. The molecule has 2 heterocycles. The summed E-state index contributed by atoms with van der Waals surface area (Å²) in [4.78, 5) is 31.8. The molecule has 0 bridgehead atoms. The average Bonchev–Trinajstić information content (AvgIpc) is 3.35. The van der Waals surface area contributed by atoms with Gasteiger partial charge >= 0.3 is 0 Å². The standard InChI is InChI=1S/C30H33FN4O2/c1-21-6-8-22(9-7-21)29(23-10-12-26(31)13-11-23)34-16-14-33(15-17-34)28(36)18-27(32)30(37)35-19-24-4-2-3-5-25(24)20-35/h2-13,27,29H,14-20,32H2,1H3. The van der Waals surface area contributed by atoms with Gasteiger partial charge < -0.3 is 15.5 Å². The zero-order valence-electron chi connectivity index (χ0n) is 21.1. The number of halogens is 1. The zero-order valence-corrected chi connectivity index (χ0v) is 21.1. The molecule has 1 fully saturated rings. The molecule has 0 radical (unpaired) electrons. The molecule has 37 heavy (non-hydrogen) atoms. The molecule has 5 rings (SSSR count). The smallest absolute Gasteiger partial charge is 0.240 e. The molecule has 1 saturated heterocycles. The van der Waals surface area contributed by atoms with Crippen molar-refractivity contribution in [3.63, 3.8) is 0 Å². The normalized spacial score (nSPS) is 17.4. The second-order valence-corrected chi connectivity index (χ2v) is 10.1. The van der Waals surface area contributed by atoms with Crippen LogP contribution < -0.4 is 5.73 Å². The van der Waals surface area contributed by atoms with Crippen molar-refractivity contribution in [3.05, 3.63) is 106 Å². The van der Waals surface area contributed by atoms with Crippen LogP contribution in [0.15, 0.2) is 72.8 Å². The lowest BCUT2D eigenvalue weighted by Gasteiger charge is -2.40. The first-order valence-electron chi connectivity index (χ1n) is 12.8. The number of fused-ring (bicyclic) bond motifs is 1. The van der Waals surface area contributed by atoms with Crippen LogP contribution in [-0.4, -0.2) is 58.7 Å². The van der Waals surface area contributed by atoms with Crippen molar-refractivity contribution in [3.8, 4) is 0 Å². The van der Waals surface area contributed by atoms with Crippen LogP contribution in [-0.2, 0) is 22.7 Å². The number of hydrogen-bond acceptors (Lipinski definition) is 4. The van der Waals surface area contributed by atoms with Gasteiger partial charge in [-0.2, -0.15) is 0 Å². The van der Waals surface area contributed by atoms with E-state index in [0.717, 1.165) is 22.3 Å². The molecule has 0 spiro atoms. The molecular formula is C30H33FN4O2. The fraction of sp³-hybridized carbons (Fsp3) is 0.333. The highest BCUT2D eigenvalue weighted by Crippen LogP contribution is 2.30. The fourth-order valence-electron chi connectivity index (χ4n) is 5.37. The summed E-state index contributed by atoms with van der Waals surface area (Å²) in [6, 6.07) is 22.2. The Morgan fingerprint density at radius 2 is 1.35 bits per heavy atom. The van der Waals surface area contributed by atoms with Crippen molar-refractivity contribution in [1.29, 1.82) is 0 Å². The Hall–Kier alpha value is -3.55. The number of piperazine rings is 1. The molecule has 7 heteroatoms. The molecule has 0 aliphatic carbocycles. The molecule has 0 saturated carbocycles. The largest absolute Gasteiger partial charge is 0.340 e. The summed E-state index contributed by atoms with van der Waals surface area (Å²) >= 11 is 0. The number of nitrogens with zero attached hydrogens (tertiary/aromatic N) is 3. The average molecular weight is 501 g/mol. The number of aryl methyl sites for hydroxylation is 1. The predicted molar refractivity (Wildman–Crippen MR) is 141 cm³/mol. The number of carbonyl (C=O) groups is 2. The maximum atomic E-state index is 13.6. The van der Waals surface area contributed by atoms with Gasteiger partial charge in [-0.25, -0.2) is 4.39 Å². The summed E-state index contributed by atoms with van der Waals surface area (Å²) in [5, 5.41) is 0. The lowest BCUT2D eigenvalue weighted by molar-refractivity contribution is -0.139. The van der Waals surface area contributed by atoms with Gasteiger partial charge in [-0.15, -0.1) is 0 Å². The molecule has 3 aromatic carbocycles. The van der Waals surface area contributed by atoms with Crippen LogP contribution in [0.4, 0.5) is 4.39 Å². The molecule has 2 amide bonds. The highest BCUT2D eigenvalue weighted by Gasteiger charge is 2.32.